The minimum Gasteiger partial charge on any atom is -0.481 e. The van der Waals surface area contributed by atoms with Crippen LogP contribution in [0.25, 0.3) is 11.4 Å². The molecule has 0 saturated heterocycles. The Morgan fingerprint density at radius 1 is 1.15 bits per heavy atom. The van der Waals surface area contributed by atoms with Crippen molar-refractivity contribution >= 4 is 5.91 Å². The zero-order chi connectivity index (χ0) is 23.4. The molecule has 0 spiro atoms. The summed E-state index contributed by atoms with van der Waals surface area (Å²) in [6.45, 7) is 7.72. The van der Waals surface area contributed by atoms with Crippen molar-refractivity contribution in [2.75, 3.05) is 13.7 Å². The molecule has 1 aliphatic carbocycles. The molecular formula is C26H33N5O2. The van der Waals surface area contributed by atoms with Crippen molar-refractivity contribution in [3.05, 3.63) is 58.5 Å². The van der Waals surface area contributed by atoms with Gasteiger partial charge in [0.05, 0.1) is 18.5 Å². The van der Waals surface area contributed by atoms with E-state index in [-0.39, 0.29) is 11.8 Å². The van der Waals surface area contributed by atoms with Crippen molar-refractivity contribution in [2.45, 2.75) is 59.4 Å². The van der Waals surface area contributed by atoms with Gasteiger partial charge in [0, 0.05) is 35.8 Å². The van der Waals surface area contributed by atoms with Crippen LogP contribution in [0.5, 0.6) is 5.88 Å². The Labute approximate surface area is 195 Å². The zero-order valence-electron chi connectivity index (χ0n) is 20.0. The smallest absolute Gasteiger partial charge is 0.223 e. The Morgan fingerprint density at radius 2 is 1.91 bits per heavy atom. The van der Waals surface area contributed by atoms with Gasteiger partial charge < -0.3 is 10.1 Å². The van der Waals surface area contributed by atoms with Gasteiger partial charge in [0.25, 0.3) is 0 Å². The van der Waals surface area contributed by atoms with Crippen molar-refractivity contribution in [2.24, 2.45) is 5.92 Å². The second kappa shape index (κ2) is 10.1. The summed E-state index contributed by atoms with van der Waals surface area (Å²) < 4.78 is 7.63. The molecule has 1 aromatic carbocycles. The van der Waals surface area contributed by atoms with Crippen LogP contribution >= 0.6 is 0 Å². The number of methoxy groups -OCH3 is 1. The molecule has 0 fully saturated rings. The molecule has 0 radical (unpaired) electrons. The molecular weight excluding hydrogens is 414 g/mol. The maximum Gasteiger partial charge on any atom is 0.223 e. The lowest BCUT2D eigenvalue weighted by Crippen LogP contribution is -2.32. The summed E-state index contributed by atoms with van der Waals surface area (Å²) in [4.78, 5) is 22.5. The first-order chi connectivity index (χ1) is 16.0. The molecule has 33 heavy (non-hydrogen) atoms. The number of hydrogen-bond acceptors (Lipinski definition) is 5. The minimum atomic E-state index is -0.0374. The molecule has 1 unspecified atom stereocenters. The van der Waals surface area contributed by atoms with Gasteiger partial charge >= 0.3 is 0 Å². The molecule has 4 rings (SSSR count). The molecule has 1 amide bonds. The van der Waals surface area contributed by atoms with Crippen LogP contribution < -0.4 is 10.1 Å². The number of amides is 1. The fraction of sp³-hybridized carbons (Fsp3) is 0.462. The molecule has 1 N–H and O–H groups in total. The zero-order valence-corrected chi connectivity index (χ0v) is 20.0. The van der Waals surface area contributed by atoms with E-state index in [2.05, 4.69) is 29.2 Å². The summed E-state index contributed by atoms with van der Waals surface area (Å²) in [6.07, 6.45) is 3.84. The highest BCUT2D eigenvalue weighted by molar-refractivity contribution is 5.78. The van der Waals surface area contributed by atoms with E-state index < -0.39 is 0 Å². The number of rotatable bonds is 7. The van der Waals surface area contributed by atoms with E-state index >= 15 is 0 Å². The lowest BCUT2D eigenvalue weighted by Gasteiger charge is -2.14. The summed E-state index contributed by atoms with van der Waals surface area (Å²) in [5.74, 6) is 1.38. The van der Waals surface area contributed by atoms with Crippen LogP contribution in [0, 0.1) is 19.8 Å². The number of carbonyl (C=O) groups is 1. The predicted octanol–water partition coefficient (Wildman–Crippen LogP) is 3.84. The summed E-state index contributed by atoms with van der Waals surface area (Å²) in [5.41, 5.74) is 6.47. The van der Waals surface area contributed by atoms with E-state index in [0.717, 1.165) is 61.2 Å². The molecule has 3 aromatic rings. The van der Waals surface area contributed by atoms with Crippen LogP contribution in [0.2, 0.25) is 0 Å². The van der Waals surface area contributed by atoms with Gasteiger partial charge in [-0.15, -0.1) is 0 Å². The quantitative estimate of drug-likeness (QED) is 0.557. The standard InChI is InChI=1S/C26H33N5O2/c1-5-31-18(3)21(17(2)30-31)15-16-27-25(32)20-11-13-22-23(14-12-20)28-24(29-26(22)33-4)19-9-7-6-8-10-19/h6-10,20H,5,11-16H2,1-4H3,(H,27,32). The highest BCUT2D eigenvalue weighted by Gasteiger charge is 2.26. The molecule has 1 atom stereocenters. The number of aryl methyl sites for hydroxylation is 3. The molecule has 0 saturated carbocycles. The number of benzene rings is 1. The number of carbonyl (C=O) groups excluding carboxylic acids is 1. The van der Waals surface area contributed by atoms with Crippen LogP contribution in [0.15, 0.2) is 30.3 Å². The van der Waals surface area contributed by atoms with Gasteiger partial charge in [-0.05, 0) is 58.4 Å². The minimum absolute atomic E-state index is 0.0374. The Morgan fingerprint density at radius 3 is 2.61 bits per heavy atom. The normalized spacial score (nSPS) is 15.6. The van der Waals surface area contributed by atoms with Crippen LogP contribution in [0.4, 0.5) is 0 Å². The third-order valence-corrected chi connectivity index (χ3v) is 6.63. The Kier molecular flexibility index (Phi) is 7.06. The average molecular weight is 448 g/mol. The topological polar surface area (TPSA) is 81.9 Å². The largest absolute Gasteiger partial charge is 0.481 e. The van der Waals surface area contributed by atoms with E-state index in [0.29, 0.717) is 18.2 Å². The fourth-order valence-corrected chi connectivity index (χ4v) is 4.75. The monoisotopic (exact) mass is 447 g/mol. The number of fused-ring (bicyclic) bond motifs is 1. The third-order valence-electron chi connectivity index (χ3n) is 6.63. The van der Waals surface area contributed by atoms with Crippen LogP contribution in [0.1, 0.15) is 48.0 Å². The van der Waals surface area contributed by atoms with Crippen molar-refractivity contribution in [3.8, 4) is 17.3 Å². The average Bonchev–Trinajstić information content (AvgIpc) is 2.99. The second-order valence-corrected chi connectivity index (χ2v) is 8.63. The van der Waals surface area contributed by atoms with Crippen LogP contribution in [-0.2, 0) is 30.6 Å². The van der Waals surface area contributed by atoms with Gasteiger partial charge in [-0.3, -0.25) is 9.48 Å². The van der Waals surface area contributed by atoms with E-state index in [1.165, 1.54) is 11.3 Å². The highest BCUT2D eigenvalue weighted by Crippen LogP contribution is 2.31. The summed E-state index contributed by atoms with van der Waals surface area (Å²) >= 11 is 0. The fourth-order valence-electron chi connectivity index (χ4n) is 4.75. The summed E-state index contributed by atoms with van der Waals surface area (Å²) in [6, 6.07) is 9.94. The Balaban J connectivity index is 1.41. The van der Waals surface area contributed by atoms with Gasteiger partial charge in [0.15, 0.2) is 5.82 Å². The molecule has 2 heterocycles. The predicted molar refractivity (Wildman–Crippen MR) is 128 cm³/mol. The maximum atomic E-state index is 13.0. The maximum absolute atomic E-state index is 13.0. The number of ether oxygens (including phenoxy) is 1. The van der Waals surface area contributed by atoms with Crippen molar-refractivity contribution in [1.29, 1.82) is 0 Å². The molecule has 7 heteroatoms. The molecule has 0 bridgehead atoms. The lowest BCUT2D eigenvalue weighted by molar-refractivity contribution is -0.125. The number of hydrogen-bond donors (Lipinski definition) is 1. The van der Waals surface area contributed by atoms with Crippen LogP contribution in [0.3, 0.4) is 0 Å². The van der Waals surface area contributed by atoms with E-state index in [1.54, 1.807) is 7.11 Å². The first-order valence-corrected chi connectivity index (χ1v) is 11.8. The first-order valence-electron chi connectivity index (χ1n) is 11.8. The molecule has 1 aliphatic rings. The lowest BCUT2D eigenvalue weighted by atomic mass is 9.98. The Bertz CT molecular complexity index is 1120. The second-order valence-electron chi connectivity index (χ2n) is 8.63. The number of nitrogens with zero attached hydrogens (tertiary/aromatic N) is 4. The van der Waals surface area contributed by atoms with Gasteiger partial charge in [0.2, 0.25) is 11.8 Å². The van der Waals surface area contributed by atoms with Gasteiger partial charge in [0.1, 0.15) is 0 Å². The van der Waals surface area contributed by atoms with E-state index in [1.807, 2.05) is 41.9 Å². The van der Waals surface area contributed by atoms with Crippen molar-refractivity contribution < 1.29 is 9.53 Å². The highest BCUT2D eigenvalue weighted by atomic mass is 16.5. The molecule has 7 nitrogen and oxygen atoms in total. The third kappa shape index (κ3) is 4.92. The van der Waals surface area contributed by atoms with Gasteiger partial charge in [-0.25, -0.2) is 4.98 Å². The summed E-state index contributed by atoms with van der Waals surface area (Å²) in [7, 11) is 1.65. The molecule has 2 aromatic heterocycles. The van der Waals surface area contributed by atoms with E-state index in [4.69, 9.17) is 9.72 Å². The summed E-state index contributed by atoms with van der Waals surface area (Å²) in [5, 5.41) is 7.74. The number of nitrogens with one attached hydrogen (secondary N) is 1. The van der Waals surface area contributed by atoms with Crippen molar-refractivity contribution in [1.82, 2.24) is 25.1 Å². The van der Waals surface area contributed by atoms with Crippen molar-refractivity contribution in [3.63, 3.8) is 0 Å². The Hall–Kier alpha value is -3.22. The molecule has 174 valence electrons. The van der Waals surface area contributed by atoms with Gasteiger partial charge in [-0.2, -0.15) is 10.1 Å². The van der Waals surface area contributed by atoms with Crippen LogP contribution in [-0.4, -0.2) is 39.3 Å². The SMILES string of the molecule is CCn1nc(C)c(CCNC(=O)C2CCc3nc(-c4ccccc4)nc(OC)c3CC2)c1C. The van der Waals surface area contributed by atoms with E-state index in [9.17, 15) is 4.79 Å². The number of aromatic nitrogens is 4. The van der Waals surface area contributed by atoms with Gasteiger partial charge in [-0.1, -0.05) is 30.3 Å². The first kappa shape index (κ1) is 23.0. The molecule has 0 aliphatic heterocycles.